The van der Waals surface area contributed by atoms with Gasteiger partial charge in [-0.3, -0.25) is 0 Å². The third kappa shape index (κ3) is 8.86. The minimum Gasteiger partial charge on any atom is -0.394 e. The van der Waals surface area contributed by atoms with Crippen LogP contribution < -0.4 is 0 Å². The number of rotatable bonds is 11. The number of fused-ring (bicyclic) bond motifs is 5. The number of aliphatic hydroxyl groups excluding tert-OH is 9. The first-order valence-electron chi connectivity index (χ1n) is 23.8. The Labute approximate surface area is 370 Å². The number of allylic oxidation sites excluding steroid dienone is 1. The standard InChI is InChI=1S/C46H76O17/c1-7-26-29(63-46(6)15-10-21(2)20-56-46)17-28-25-9-8-23-16-24(11-13-44(23,4)27(25)12-14-45(26,28)5)58-43-40(62-41-36(53)34(51)32(49)22(3)57-41)38(55)39(31(19-48)60-43)61-42-37(54)35(52)33(50)30(18-47)59-42/h8,21-22,24-43,47-55H,7,9-20H2,1-6H3/t21-,22?,24+,25-,26+,27+,28+,29+,30?,31?,32+,33-,34?,35+,36+,37?,38+,39-,40?,41+,42+,43-,44+,45-,46+/m1/s1. The van der Waals surface area contributed by atoms with E-state index in [1.165, 1.54) is 12.5 Å². The van der Waals surface area contributed by atoms with Crippen molar-refractivity contribution in [3.05, 3.63) is 11.6 Å². The average molecular weight is 901 g/mol. The van der Waals surface area contributed by atoms with Gasteiger partial charge in [0.1, 0.15) is 67.1 Å². The van der Waals surface area contributed by atoms with E-state index in [0.717, 1.165) is 58.0 Å². The Balaban J connectivity index is 0.994. The van der Waals surface area contributed by atoms with Crippen LogP contribution in [0.25, 0.3) is 0 Å². The van der Waals surface area contributed by atoms with E-state index in [1.807, 2.05) is 0 Å². The van der Waals surface area contributed by atoms with E-state index in [1.54, 1.807) is 0 Å². The zero-order valence-corrected chi connectivity index (χ0v) is 37.8. The molecule has 0 amide bonds. The summed E-state index contributed by atoms with van der Waals surface area (Å²) < 4.78 is 49.8. The van der Waals surface area contributed by atoms with Gasteiger partial charge >= 0.3 is 0 Å². The average Bonchev–Trinajstić information content (AvgIpc) is 3.55. The minimum absolute atomic E-state index is 0.0483. The van der Waals surface area contributed by atoms with Crippen LogP contribution in [-0.2, 0) is 37.9 Å². The molecule has 362 valence electrons. The van der Waals surface area contributed by atoms with Crippen LogP contribution in [0.15, 0.2) is 11.6 Å². The van der Waals surface area contributed by atoms with Gasteiger partial charge in [-0.2, -0.15) is 0 Å². The van der Waals surface area contributed by atoms with Gasteiger partial charge < -0.3 is 83.9 Å². The summed E-state index contributed by atoms with van der Waals surface area (Å²) in [6, 6.07) is 0. The highest BCUT2D eigenvalue weighted by molar-refractivity contribution is 5.26. The molecule has 0 radical (unpaired) electrons. The molecule has 0 aromatic rings. The second-order valence-electron chi connectivity index (χ2n) is 21.1. The summed E-state index contributed by atoms with van der Waals surface area (Å²) in [5, 5.41) is 95.8. The van der Waals surface area contributed by atoms with Gasteiger partial charge in [-0.05, 0) is 106 Å². The number of hydrogen-bond acceptors (Lipinski definition) is 17. The molecule has 7 fully saturated rings. The Morgan fingerprint density at radius 1 is 0.683 bits per heavy atom. The van der Waals surface area contributed by atoms with E-state index in [-0.39, 0.29) is 16.9 Å². The van der Waals surface area contributed by atoms with Crippen LogP contribution in [-0.4, -0.2) is 176 Å². The predicted molar refractivity (Wildman–Crippen MR) is 221 cm³/mol. The van der Waals surface area contributed by atoms with Crippen molar-refractivity contribution in [2.45, 2.75) is 216 Å². The van der Waals surface area contributed by atoms with Gasteiger partial charge in [0.05, 0.1) is 38.1 Å². The molecule has 63 heavy (non-hydrogen) atoms. The molecule has 4 saturated heterocycles. The Morgan fingerprint density at radius 3 is 2.02 bits per heavy atom. The fourth-order valence-electron chi connectivity index (χ4n) is 13.4. The first kappa shape index (κ1) is 48.5. The van der Waals surface area contributed by atoms with Crippen LogP contribution >= 0.6 is 0 Å². The minimum atomic E-state index is -1.82. The maximum Gasteiger partial charge on any atom is 0.187 e. The van der Waals surface area contributed by atoms with Crippen LogP contribution in [0.5, 0.6) is 0 Å². The highest BCUT2D eigenvalue weighted by Crippen LogP contribution is 2.67. The van der Waals surface area contributed by atoms with Crippen molar-refractivity contribution in [3.63, 3.8) is 0 Å². The van der Waals surface area contributed by atoms with Crippen molar-refractivity contribution >= 4 is 0 Å². The lowest BCUT2D eigenvalue weighted by molar-refractivity contribution is -0.389. The molecule has 0 aromatic carbocycles. The molecule has 8 aliphatic rings. The second-order valence-corrected chi connectivity index (χ2v) is 21.1. The molecular weight excluding hydrogens is 824 g/mol. The first-order valence-corrected chi connectivity index (χ1v) is 23.8. The quantitative estimate of drug-likeness (QED) is 0.131. The van der Waals surface area contributed by atoms with Crippen LogP contribution in [0, 0.1) is 40.4 Å². The van der Waals surface area contributed by atoms with Gasteiger partial charge in [-0.25, -0.2) is 0 Å². The molecular formula is C46H76O17. The zero-order valence-electron chi connectivity index (χ0n) is 37.8. The van der Waals surface area contributed by atoms with Gasteiger partial charge in [0.2, 0.25) is 0 Å². The smallest absolute Gasteiger partial charge is 0.187 e. The van der Waals surface area contributed by atoms with Crippen LogP contribution in [0.3, 0.4) is 0 Å². The third-order valence-electron chi connectivity index (χ3n) is 17.2. The van der Waals surface area contributed by atoms with Gasteiger partial charge in [0.25, 0.3) is 0 Å². The molecule has 8 rings (SSSR count). The van der Waals surface area contributed by atoms with E-state index < -0.39 is 117 Å². The van der Waals surface area contributed by atoms with Crippen molar-refractivity contribution in [2.75, 3.05) is 19.8 Å². The molecule has 0 bridgehead atoms. The summed E-state index contributed by atoms with van der Waals surface area (Å²) in [6.45, 7) is 12.4. The van der Waals surface area contributed by atoms with Crippen molar-refractivity contribution in [3.8, 4) is 0 Å². The molecule has 3 saturated carbocycles. The number of aliphatic hydroxyl groups is 9. The van der Waals surface area contributed by atoms with Crippen molar-refractivity contribution in [1.82, 2.24) is 0 Å². The largest absolute Gasteiger partial charge is 0.394 e. The van der Waals surface area contributed by atoms with Gasteiger partial charge in [-0.1, -0.05) is 45.8 Å². The summed E-state index contributed by atoms with van der Waals surface area (Å²) in [5.74, 6) is 2.02. The lowest BCUT2D eigenvalue weighted by Crippen LogP contribution is -2.67. The van der Waals surface area contributed by atoms with E-state index in [4.69, 9.17) is 37.9 Å². The van der Waals surface area contributed by atoms with E-state index in [0.29, 0.717) is 42.4 Å². The SMILES string of the molecule is CC[C@H]1[C@@H](O[C@@]2(C)CC[C@@H](C)CO2)C[C@H]2[C@@H]3CC=C4C[C@@H](O[C@@H]5OC(CO)[C@@H](O[C@@H]6OC(CO)[C@@H](O)[C@H](O)C6O)[C@H](O)C5O[C@@H]5OC(C)[C@H](O)C(O)[C@@H]5O)CC[C@]4(C)[C@H]3CC[C@@]21C. The van der Waals surface area contributed by atoms with Crippen LogP contribution in [0.2, 0.25) is 0 Å². The van der Waals surface area contributed by atoms with E-state index in [9.17, 15) is 46.0 Å². The van der Waals surface area contributed by atoms with Crippen molar-refractivity contribution < 1.29 is 83.9 Å². The summed E-state index contributed by atoms with van der Waals surface area (Å²) in [6.07, 6.45) is -11.2. The molecule has 0 aromatic heterocycles. The fourth-order valence-corrected chi connectivity index (χ4v) is 13.4. The predicted octanol–water partition coefficient (Wildman–Crippen LogP) is 0.994. The third-order valence-corrected chi connectivity index (χ3v) is 17.2. The summed E-state index contributed by atoms with van der Waals surface area (Å²) in [7, 11) is 0. The summed E-state index contributed by atoms with van der Waals surface area (Å²) in [4.78, 5) is 0. The summed E-state index contributed by atoms with van der Waals surface area (Å²) >= 11 is 0. The van der Waals surface area contributed by atoms with Crippen LogP contribution in [0.1, 0.15) is 106 Å². The van der Waals surface area contributed by atoms with Gasteiger partial charge in [0, 0.05) is 6.42 Å². The van der Waals surface area contributed by atoms with Crippen molar-refractivity contribution in [1.29, 1.82) is 0 Å². The van der Waals surface area contributed by atoms with Crippen molar-refractivity contribution in [2.24, 2.45) is 40.4 Å². The Kier molecular flexibility index (Phi) is 14.5. The molecule has 25 atom stereocenters. The molecule has 4 aliphatic carbocycles. The Morgan fingerprint density at radius 2 is 1.35 bits per heavy atom. The van der Waals surface area contributed by atoms with Gasteiger partial charge in [0.15, 0.2) is 24.7 Å². The Hall–Kier alpha value is -0.940. The molecule has 9 N–H and O–H groups in total. The number of ether oxygens (including phenoxy) is 8. The topological polar surface area (TPSA) is 256 Å². The second kappa shape index (κ2) is 18.9. The van der Waals surface area contributed by atoms with E-state index in [2.05, 4.69) is 40.7 Å². The fraction of sp³-hybridized carbons (Fsp3) is 0.957. The Bertz CT molecular complexity index is 1580. The highest BCUT2D eigenvalue weighted by Gasteiger charge is 2.62. The lowest BCUT2D eigenvalue weighted by atomic mass is 9.47. The zero-order chi connectivity index (χ0) is 45.3. The molecule has 6 unspecified atom stereocenters. The maximum atomic E-state index is 12.0. The highest BCUT2D eigenvalue weighted by atomic mass is 16.8. The molecule has 4 heterocycles. The van der Waals surface area contributed by atoms with Crippen LogP contribution in [0.4, 0.5) is 0 Å². The molecule has 0 spiro atoms. The molecule has 17 nitrogen and oxygen atoms in total. The van der Waals surface area contributed by atoms with E-state index >= 15 is 0 Å². The normalized spacial score (nSPS) is 55.1. The summed E-state index contributed by atoms with van der Waals surface area (Å²) in [5.41, 5.74) is 1.46. The van der Waals surface area contributed by atoms with Gasteiger partial charge in [-0.15, -0.1) is 0 Å². The lowest BCUT2D eigenvalue weighted by Gasteiger charge is -2.58. The first-order chi connectivity index (χ1) is 29.9. The number of hydrogen-bond donors (Lipinski definition) is 9. The molecule has 4 aliphatic heterocycles. The maximum absolute atomic E-state index is 12.0. The molecule has 17 heteroatoms. The monoisotopic (exact) mass is 901 g/mol.